The summed E-state index contributed by atoms with van der Waals surface area (Å²) < 4.78 is 1.83. The number of hydrogen-bond acceptors (Lipinski definition) is 5. The van der Waals surface area contributed by atoms with E-state index in [4.69, 9.17) is 0 Å². The number of aryl methyl sites for hydroxylation is 1. The monoisotopic (exact) mass is 388 g/mol. The van der Waals surface area contributed by atoms with Gasteiger partial charge in [-0.25, -0.2) is 4.98 Å². The first-order valence-electron chi connectivity index (χ1n) is 10.4. The number of fused-ring (bicyclic) bond motifs is 1. The van der Waals surface area contributed by atoms with E-state index < -0.39 is 0 Å². The predicted octanol–water partition coefficient (Wildman–Crippen LogP) is 3.34. The number of pyridine rings is 1. The molecule has 0 atom stereocenters. The zero-order valence-electron chi connectivity index (χ0n) is 17.0. The molecule has 3 heterocycles. The largest absolute Gasteiger partial charge is 0.343 e. The van der Waals surface area contributed by atoms with Gasteiger partial charge in [0.2, 0.25) is 0 Å². The smallest absolute Gasteiger partial charge is 0.130 e. The lowest BCUT2D eigenvalue weighted by atomic mass is 10.1. The van der Waals surface area contributed by atoms with Crippen LogP contribution in [0.25, 0.3) is 21.9 Å². The number of piperazine rings is 1. The number of nitrogens with zero attached hydrogens (tertiary/aromatic N) is 5. The molecule has 2 aliphatic rings. The standard InChI is InChI=1S/C23H28N6/c1-17(15-28-7-9-29(10-8-28)22-5-6-22)26-23-12-20-11-18(3-4-19(20)13-24-23)21-14-25-27(2)16-21/h3-4,11-14,16,22H,1,5-10,15H2,2H3,(H,24,26). The molecular formula is C23H28N6. The molecule has 0 bridgehead atoms. The van der Waals surface area contributed by atoms with Gasteiger partial charge in [0.15, 0.2) is 0 Å². The van der Waals surface area contributed by atoms with Gasteiger partial charge in [0.1, 0.15) is 5.82 Å². The van der Waals surface area contributed by atoms with Gasteiger partial charge < -0.3 is 5.32 Å². The van der Waals surface area contributed by atoms with E-state index in [1.54, 1.807) is 0 Å². The van der Waals surface area contributed by atoms with E-state index in [9.17, 15) is 0 Å². The third-order valence-corrected chi connectivity index (χ3v) is 5.95. The average molecular weight is 389 g/mol. The Morgan fingerprint density at radius 3 is 2.62 bits per heavy atom. The lowest BCUT2D eigenvalue weighted by Crippen LogP contribution is -2.47. The van der Waals surface area contributed by atoms with Crippen molar-refractivity contribution in [3.8, 4) is 11.1 Å². The van der Waals surface area contributed by atoms with Gasteiger partial charge in [-0.1, -0.05) is 18.7 Å². The summed E-state index contributed by atoms with van der Waals surface area (Å²) in [5, 5.41) is 9.98. The van der Waals surface area contributed by atoms with Crippen LogP contribution >= 0.6 is 0 Å². The predicted molar refractivity (Wildman–Crippen MR) is 118 cm³/mol. The minimum absolute atomic E-state index is 0.849. The van der Waals surface area contributed by atoms with Crippen molar-refractivity contribution in [3.05, 3.63) is 55.1 Å². The third-order valence-electron chi connectivity index (χ3n) is 5.95. The summed E-state index contributed by atoms with van der Waals surface area (Å²) in [4.78, 5) is 9.69. The van der Waals surface area contributed by atoms with Crippen molar-refractivity contribution in [2.45, 2.75) is 18.9 Å². The van der Waals surface area contributed by atoms with Crippen LogP contribution in [0.4, 0.5) is 5.82 Å². The highest BCUT2D eigenvalue weighted by atomic mass is 15.3. The Kier molecular flexibility index (Phi) is 4.81. The van der Waals surface area contributed by atoms with E-state index in [0.29, 0.717) is 0 Å². The van der Waals surface area contributed by atoms with Crippen LogP contribution in [0.5, 0.6) is 0 Å². The number of aromatic nitrogens is 3. The van der Waals surface area contributed by atoms with E-state index in [-0.39, 0.29) is 0 Å². The number of rotatable bonds is 6. The zero-order chi connectivity index (χ0) is 19.8. The highest BCUT2D eigenvalue weighted by molar-refractivity contribution is 5.88. The van der Waals surface area contributed by atoms with E-state index >= 15 is 0 Å². The second kappa shape index (κ2) is 7.61. The first-order chi connectivity index (χ1) is 14.1. The summed E-state index contributed by atoms with van der Waals surface area (Å²) in [6.07, 6.45) is 8.64. The van der Waals surface area contributed by atoms with Crippen molar-refractivity contribution in [3.63, 3.8) is 0 Å². The normalized spacial score (nSPS) is 18.2. The van der Waals surface area contributed by atoms with Crippen molar-refractivity contribution in [2.75, 3.05) is 38.0 Å². The number of anilines is 1. The van der Waals surface area contributed by atoms with E-state index in [1.165, 1.54) is 25.9 Å². The highest BCUT2D eigenvalue weighted by Gasteiger charge is 2.31. The van der Waals surface area contributed by atoms with Gasteiger partial charge in [0.25, 0.3) is 0 Å². The third kappa shape index (κ3) is 4.18. The molecule has 150 valence electrons. The second-order valence-corrected chi connectivity index (χ2v) is 8.31. The molecule has 29 heavy (non-hydrogen) atoms. The minimum atomic E-state index is 0.849. The van der Waals surface area contributed by atoms with E-state index in [0.717, 1.165) is 59.1 Å². The lowest BCUT2D eigenvalue weighted by Gasteiger charge is -2.35. The van der Waals surface area contributed by atoms with Gasteiger partial charge >= 0.3 is 0 Å². The Bertz CT molecular complexity index is 1030. The van der Waals surface area contributed by atoms with Crippen LogP contribution in [0.15, 0.2) is 55.1 Å². The van der Waals surface area contributed by atoms with Crippen molar-refractivity contribution < 1.29 is 0 Å². The maximum absolute atomic E-state index is 4.57. The summed E-state index contributed by atoms with van der Waals surface area (Å²) in [5.74, 6) is 0.849. The molecule has 2 aromatic heterocycles. The Labute approximate surface area is 171 Å². The molecule has 0 spiro atoms. The Morgan fingerprint density at radius 1 is 1.07 bits per heavy atom. The second-order valence-electron chi connectivity index (χ2n) is 8.31. The molecule has 1 saturated heterocycles. The average Bonchev–Trinajstić information content (AvgIpc) is 3.48. The van der Waals surface area contributed by atoms with Gasteiger partial charge in [0, 0.05) is 74.9 Å². The first kappa shape index (κ1) is 18.3. The molecule has 5 rings (SSSR count). The zero-order valence-corrected chi connectivity index (χ0v) is 17.0. The van der Waals surface area contributed by atoms with Crippen LogP contribution in [-0.4, -0.2) is 63.3 Å². The van der Waals surface area contributed by atoms with Gasteiger partial charge in [-0.15, -0.1) is 0 Å². The Morgan fingerprint density at radius 2 is 1.90 bits per heavy atom. The summed E-state index contributed by atoms with van der Waals surface area (Å²) in [6, 6.07) is 9.40. The maximum Gasteiger partial charge on any atom is 0.130 e. The molecule has 3 aromatic rings. The summed E-state index contributed by atoms with van der Waals surface area (Å²) in [6.45, 7) is 9.72. The van der Waals surface area contributed by atoms with Crippen LogP contribution in [0.2, 0.25) is 0 Å². The van der Waals surface area contributed by atoms with Crippen LogP contribution < -0.4 is 5.32 Å². The molecule has 1 aliphatic carbocycles. The summed E-state index contributed by atoms with van der Waals surface area (Å²) in [7, 11) is 1.94. The van der Waals surface area contributed by atoms with Gasteiger partial charge in [-0.2, -0.15) is 5.10 Å². The van der Waals surface area contributed by atoms with Crippen molar-refractivity contribution in [1.29, 1.82) is 0 Å². The highest BCUT2D eigenvalue weighted by Crippen LogP contribution is 2.28. The fourth-order valence-corrected chi connectivity index (χ4v) is 4.18. The SMILES string of the molecule is C=C(CN1CCN(C2CC2)CC1)Nc1cc2cc(-c3cnn(C)c3)ccc2cn1. The molecule has 1 aromatic carbocycles. The molecule has 0 amide bonds. The topological polar surface area (TPSA) is 49.2 Å². The molecule has 0 unspecified atom stereocenters. The van der Waals surface area contributed by atoms with E-state index in [1.807, 2.05) is 30.3 Å². The number of benzene rings is 1. The van der Waals surface area contributed by atoms with Crippen molar-refractivity contribution in [1.82, 2.24) is 24.6 Å². The quantitative estimate of drug-likeness (QED) is 0.702. The van der Waals surface area contributed by atoms with Crippen molar-refractivity contribution in [2.24, 2.45) is 7.05 Å². The van der Waals surface area contributed by atoms with Gasteiger partial charge in [-0.05, 0) is 35.9 Å². The molecule has 1 saturated carbocycles. The van der Waals surface area contributed by atoms with Crippen LogP contribution in [0.3, 0.4) is 0 Å². The lowest BCUT2D eigenvalue weighted by molar-refractivity contribution is 0.134. The molecule has 1 aliphatic heterocycles. The number of hydrogen-bond donors (Lipinski definition) is 1. The molecule has 2 fully saturated rings. The van der Waals surface area contributed by atoms with Crippen molar-refractivity contribution >= 4 is 16.6 Å². The molecule has 6 heteroatoms. The Hall–Kier alpha value is -2.70. The molecule has 6 nitrogen and oxygen atoms in total. The van der Waals surface area contributed by atoms with Gasteiger partial charge in [-0.3, -0.25) is 14.5 Å². The van der Waals surface area contributed by atoms with Gasteiger partial charge in [0.05, 0.1) is 6.20 Å². The summed E-state index contributed by atoms with van der Waals surface area (Å²) in [5.41, 5.74) is 3.28. The van der Waals surface area contributed by atoms with E-state index in [2.05, 4.69) is 56.0 Å². The molecule has 0 radical (unpaired) electrons. The fraction of sp³-hybridized carbons (Fsp3) is 0.391. The molecular weight excluding hydrogens is 360 g/mol. The van der Waals surface area contributed by atoms with Crippen LogP contribution in [-0.2, 0) is 7.05 Å². The van der Waals surface area contributed by atoms with Crippen LogP contribution in [0, 0.1) is 0 Å². The molecule has 1 N–H and O–H groups in total. The Balaban J connectivity index is 1.24. The summed E-state index contributed by atoms with van der Waals surface area (Å²) >= 11 is 0. The maximum atomic E-state index is 4.57. The minimum Gasteiger partial charge on any atom is -0.343 e. The van der Waals surface area contributed by atoms with Crippen LogP contribution in [0.1, 0.15) is 12.8 Å². The fourth-order valence-electron chi connectivity index (χ4n) is 4.18. The first-order valence-corrected chi connectivity index (χ1v) is 10.4. The number of nitrogens with one attached hydrogen (secondary N) is 1.